The van der Waals surface area contributed by atoms with Gasteiger partial charge in [-0.25, -0.2) is 9.18 Å². The van der Waals surface area contributed by atoms with Crippen molar-refractivity contribution >= 4 is 11.9 Å². The molecule has 2 bridgehead atoms. The summed E-state index contributed by atoms with van der Waals surface area (Å²) in [7, 11) is 0. The molecule has 0 aliphatic carbocycles. The second-order valence-electron chi connectivity index (χ2n) is 8.46. The monoisotopic (exact) mass is 417 g/mol. The van der Waals surface area contributed by atoms with Crippen LogP contribution in [-0.2, 0) is 15.7 Å². The first-order valence-corrected chi connectivity index (χ1v) is 9.37. The van der Waals surface area contributed by atoms with Crippen molar-refractivity contribution in [2.75, 3.05) is 13.2 Å². The van der Waals surface area contributed by atoms with E-state index in [-0.39, 0.29) is 26.1 Å². The second-order valence-corrected chi connectivity index (χ2v) is 8.46. The number of piperidine rings is 1. The molecular formula is C20H23F4NO4. The average Bonchev–Trinajstić information content (AvgIpc) is 2.57. The molecule has 160 valence electrons. The molecule has 1 aromatic carbocycles. The van der Waals surface area contributed by atoms with Crippen LogP contribution in [0, 0.1) is 11.7 Å². The average molecular weight is 417 g/mol. The van der Waals surface area contributed by atoms with Gasteiger partial charge in [-0.2, -0.15) is 13.2 Å². The van der Waals surface area contributed by atoms with Crippen LogP contribution in [0.2, 0.25) is 0 Å². The maximum absolute atomic E-state index is 14.1. The molecule has 0 saturated carbocycles. The van der Waals surface area contributed by atoms with E-state index in [0.717, 1.165) is 0 Å². The summed E-state index contributed by atoms with van der Waals surface area (Å²) in [6, 6.07) is 0.917. The third-order valence-corrected chi connectivity index (χ3v) is 5.05. The number of carbonyl (C=O) groups excluding carboxylic acids is 2. The van der Waals surface area contributed by atoms with Gasteiger partial charge in [0.2, 0.25) is 0 Å². The highest BCUT2D eigenvalue weighted by Gasteiger charge is 2.45. The van der Waals surface area contributed by atoms with Gasteiger partial charge >= 0.3 is 12.3 Å². The van der Waals surface area contributed by atoms with Crippen molar-refractivity contribution in [3.63, 3.8) is 0 Å². The minimum Gasteiger partial charge on any atom is -0.444 e. The zero-order valence-electron chi connectivity index (χ0n) is 16.4. The lowest BCUT2D eigenvalue weighted by Crippen LogP contribution is -2.60. The summed E-state index contributed by atoms with van der Waals surface area (Å²) in [5.74, 6) is -2.38. The van der Waals surface area contributed by atoms with Gasteiger partial charge in [0.05, 0.1) is 36.4 Å². The molecule has 3 rings (SSSR count). The molecule has 29 heavy (non-hydrogen) atoms. The molecule has 5 nitrogen and oxygen atoms in total. The number of rotatable bonds is 2. The predicted octanol–water partition coefficient (Wildman–Crippen LogP) is 4.44. The van der Waals surface area contributed by atoms with E-state index in [1.54, 1.807) is 25.7 Å². The van der Waals surface area contributed by atoms with Gasteiger partial charge in [-0.15, -0.1) is 0 Å². The van der Waals surface area contributed by atoms with Gasteiger partial charge < -0.3 is 9.47 Å². The van der Waals surface area contributed by atoms with E-state index in [9.17, 15) is 27.2 Å². The Labute approximate surface area is 166 Å². The molecule has 2 aliphatic heterocycles. The van der Waals surface area contributed by atoms with Crippen LogP contribution in [0.15, 0.2) is 18.2 Å². The minimum absolute atomic E-state index is 0.171. The summed E-state index contributed by atoms with van der Waals surface area (Å²) >= 11 is 0. The van der Waals surface area contributed by atoms with E-state index in [1.807, 2.05) is 0 Å². The predicted molar refractivity (Wildman–Crippen MR) is 94.9 cm³/mol. The highest BCUT2D eigenvalue weighted by molar-refractivity contribution is 5.98. The van der Waals surface area contributed by atoms with Crippen molar-refractivity contribution < 1.29 is 36.6 Å². The topological polar surface area (TPSA) is 55.8 Å². The lowest BCUT2D eigenvalue weighted by Gasteiger charge is -2.47. The van der Waals surface area contributed by atoms with Gasteiger partial charge in [-0.3, -0.25) is 9.69 Å². The summed E-state index contributed by atoms with van der Waals surface area (Å²) in [6.07, 6.45) is -4.85. The van der Waals surface area contributed by atoms with Crippen LogP contribution in [0.1, 0.15) is 49.5 Å². The largest absolute Gasteiger partial charge is 0.444 e. The first kappa shape index (κ1) is 21.5. The van der Waals surface area contributed by atoms with Crippen molar-refractivity contribution in [2.24, 2.45) is 5.92 Å². The summed E-state index contributed by atoms with van der Waals surface area (Å²) in [4.78, 5) is 27.0. The van der Waals surface area contributed by atoms with Crippen LogP contribution < -0.4 is 0 Å². The Balaban J connectivity index is 1.81. The van der Waals surface area contributed by atoms with Gasteiger partial charge in [0.15, 0.2) is 5.78 Å². The van der Waals surface area contributed by atoms with E-state index in [2.05, 4.69) is 0 Å². The molecule has 0 aromatic heterocycles. The lowest BCUT2D eigenvalue weighted by atomic mass is 9.80. The third-order valence-electron chi connectivity index (χ3n) is 5.05. The van der Waals surface area contributed by atoms with Crippen molar-refractivity contribution in [1.29, 1.82) is 0 Å². The number of ketones is 1. The first-order chi connectivity index (χ1) is 13.4. The van der Waals surface area contributed by atoms with E-state index >= 15 is 0 Å². The molecule has 1 aromatic rings. The van der Waals surface area contributed by atoms with Gasteiger partial charge in [-0.05, 0) is 51.8 Å². The SMILES string of the molecule is CC(C)(C)OC(=O)N1C2COCC1CC(C(=O)c1cc(C(F)(F)F)ccc1F)C2. The van der Waals surface area contributed by atoms with Gasteiger partial charge in [0.1, 0.15) is 11.4 Å². The van der Waals surface area contributed by atoms with Crippen LogP contribution >= 0.6 is 0 Å². The van der Waals surface area contributed by atoms with Crippen LogP contribution in [-0.4, -0.2) is 47.7 Å². The zero-order valence-corrected chi connectivity index (χ0v) is 16.4. The van der Waals surface area contributed by atoms with Crippen LogP contribution in [0.25, 0.3) is 0 Å². The smallest absolute Gasteiger partial charge is 0.416 e. The molecule has 2 fully saturated rings. The molecule has 2 unspecified atom stereocenters. The number of Topliss-reactive ketones (excluding diaryl/α,β-unsaturated/α-hetero) is 1. The van der Waals surface area contributed by atoms with Crippen molar-refractivity contribution in [3.05, 3.63) is 35.1 Å². The number of halogens is 4. The summed E-state index contributed by atoms with van der Waals surface area (Å²) in [5.41, 5.74) is -2.34. The highest BCUT2D eigenvalue weighted by Crippen LogP contribution is 2.36. The number of hydrogen-bond acceptors (Lipinski definition) is 4. The number of fused-ring (bicyclic) bond motifs is 2. The Morgan fingerprint density at radius 1 is 1.10 bits per heavy atom. The van der Waals surface area contributed by atoms with Crippen molar-refractivity contribution in [2.45, 2.75) is 57.5 Å². The Kier molecular flexibility index (Phi) is 5.64. The van der Waals surface area contributed by atoms with E-state index < -0.39 is 58.6 Å². The lowest BCUT2D eigenvalue weighted by molar-refractivity contribution is -0.137. The highest BCUT2D eigenvalue weighted by atomic mass is 19.4. The molecule has 2 atom stereocenters. The van der Waals surface area contributed by atoms with E-state index in [1.165, 1.54) is 0 Å². The number of morpholine rings is 1. The standard InChI is InChI=1S/C20H23F4NO4/c1-19(2,3)29-18(27)25-13-6-11(7-14(25)10-28-9-13)17(26)15-8-12(20(22,23)24)4-5-16(15)21/h4-5,8,11,13-14H,6-7,9-10H2,1-3H3. The maximum atomic E-state index is 14.1. The van der Waals surface area contributed by atoms with E-state index in [4.69, 9.17) is 9.47 Å². The number of nitrogens with zero attached hydrogens (tertiary/aromatic N) is 1. The van der Waals surface area contributed by atoms with Crippen LogP contribution in [0.3, 0.4) is 0 Å². The Morgan fingerprint density at radius 3 is 2.21 bits per heavy atom. The van der Waals surface area contributed by atoms with Crippen molar-refractivity contribution in [3.8, 4) is 0 Å². The number of amides is 1. The number of ether oxygens (including phenoxy) is 2. The molecule has 0 N–H and O–H groups in total. The van der Waals surface area contributed by atoms with Crippen LogP contribution in [0.4, 0.5) is 22.4 Å². The zero-order chi connectivity index (χ0) is 21.6. The number of benzene rings is 1. The Hall–Kier alpha value is -2.16. The van der Waals surface area contributed by atoms with Gasteiger partial charge in [0, 0.05) is 5.92 Å². The molecule has 2 saturated heterocycles. The number of carbonyl (C=O) groups is 2. The quantitative estimate of drug-likeness (QED) is 0.527. The maximum Gasteiger partial charge on any atom is 0.416 e. The van der Waals surface area contributed by atoms with Gasteiger partial charge in [-0.1, -0.05) is 0 Å². The number of hydrogen-bond donors (Lipinski definition) is 0. The first-order valence-electron chi connectivity index (χ1n) is 9.37. The second kappa shape index (κ2) is 7.59. The van der Waals surface area contributed by atoms with E-state index in [0.29, 0.717) is 18.2 Å². The summed E-state index contributed by atoms with van der Waals surface area (Å²) < 4.78 is 63.9. The molecule has 0 spiro atoms. The molecular weight excluding hydrogens is 394 g/mol. The minimum atomic E-state index is -4.67. The molecule has 9 heteroatoms. The summed E-state index contributed by atoms with van der Waals surface area (Å²) in [6.45, 7) is 5.59. The fraction of sp³-hybridized carbons (Fsp3) is 0.600. The Morgan fingerprint density at radius 2 is 1.69 bits per heavy atom. The molecule has 2 heterocycles. The fourth-order valence-electron chi connectivity index (χ4n) is 3.85. The number of alkyl halides is 3. The van der Waals surface area contributed by atoms with Crippen molar-refractivity contribution in [1.82, 2.24) is 4.90 Å². The molecule has 0 radical (unpaired) electrons. The fourth-order valence-corrected chi connectivity index (χ4v) is 3.85. The Bertz CT molecular complexity index is 789. The molecule has 1 amide bonds. The third kappa shape index (κ3) is 4.71. The molecule has 2 aliphatic rings. The van der Waals surface area contributed by atoms with Gasteiger partial charge in [0.25, 0.3) is 0 Å². The normalized spacial score (nSPS) is 24.9. The van der Waals surface area contributed by atoms with Crippen LogP contribution in [0.5, 0.6) is 0 Å². The summed E-state index contributed by atoms with van der Waals surface area (Å²) in [5, 5.41) is 0.